The molecule has 4 heteroatoms. The van der Waals surface area contributed by atoms with Crippen molar-refractivity contribution in [2.24, 2.45) is 0 Å². The minimum Gasteiger partial charge on any atom is -0.351 e. The number of aromatic amines is 1. The van der Waals surface area contributed by atoms with Crippen molar-refractivity contribution in [1.29, 1.82) is 0 Å². The third-order valence-corrected chi connectivity index (χ3v) is 3.67. The van der Waals surface area contributed by atoms with E-state index in [1.807, 2.05) is 29.2 Å². The summed E-state index contributed by atoms with van der Waals surface area (Å²) in [6.45, 7) is 3.07. The zero-order valence-electron chi connectivity index (χ0n) is 10.9. The van der Waals surface area contributed by atoms with Crippen molar-refractivity contribution in [3.05, 3.63) is 35.5 Å². The van der Waals surface area contributed by atoms with E-state index in [0.29, 0.717) is 11.3 Å². The second-order valence-corrected chi connectivity index (χ2v) is 4.98. The lowest BCUT2D eigenvalue weighted by Gasteiger charge is -2.15. The van der Waals surface area contributed by atoms with E-state index in [-0.39, 0.29) is 11.7 Å². The van der Waals surface area contributed by atoms with Gasteiger partial charge >= 0.3 is 0 Å². The number of fused-ring (bicyclic) bond motifs is 1. The number of likely N-dealkylation sites (tertiary alicyclic amines) is 1. The van der Waals surface area contributed by atoms with E-state index in [0.717, 1.165) is 36.8 Å². The summed E-state index contributed by atoms with van der Waals surface area (Å²) in [5, 5.41) is 0.838. The van der Waals surface area contributed by atoms with Gasteiger partial charge in [0.25, 0.3) is 5.91 Å². The van der Waals surface area contributed by atoms with Crippen LogP contribution in [-0.4, -0.2) is 34.7 Å². The smallest absolute Gasteiger partial charge is 0.256 e. The molecule has 0 radical (unpaired) electrons. The molecule has 1 aromatic heterocycles. The van der Waals surface area contributed by atoms with Crippen molar-refractivity contribution < 1.29 is 9.59 Å². The normalized spacial score (nSPS) is 15.1. The zero-order valence-corrected chi connectivity index (χ0v) is 10.9. The first kappa shape index (κ1) is 12.0. The predicted molar refractivity (Wildman–Crippen MR) is 73.4 cm³/mol. The van der Waals surface area contributed by atoms with Gasteiger partial charge in [0, 0.05) is 30.9 Å². The first-order chi connectivity index (χ1) is 9.18. The molecule has 1 aliphatic rings. The van der Waals surface area contributed by atoms with E-state index in [2.05, 4.69) is 4.98 Å². The zero-order chi connectivity index (χ0) is 13.4. The van der Waals surface area contributed by atoms with Crippen LogP contribution in [0, 0.1) is 0 Å². The first-order valence-electron chi connectivity index (χ1n) is 6.59. The number of rotatable bonds is 2. The molecule has 0 aliphatic carbocycles. The number of benzene rings is 1. The van der Waals surface area contributed by atoms with Gasteiger partial charge in [-0.3, -0.25) is 9.59 Å². The highest BCUT2D eigenvalue weighted by atomic mass is 16.2. The van der Waals surface area contributed by atoms with Crippen LogP contribution >= 0.6 is 0 Å². The second kappa shape index (κ2) is 4.53. The van der Waals surface area contributed by atoms with E-state index in [1.165, 1.54) is 6.92 Å². The Labute approximate surface area is 111 Å². The van der Waals surface area contributed by atoms with Crippen LogP contribution in [0.1, 0.15) is 40.6 Å². The summed E-state index contributed by atoms with van der Waals surface area (Å²) in [6.07, 6.45) is 2.09. The summed E-state index contributed by atoms with van der Waals surface area (Å²) in [7, 11) is 0. The van der Waals surface area contributed by atoms with Gasteiger partial charge in [0.05, 0.1) is 11.3 Å². The van der Waals surface area contributed by atoms with Gasteiger partial charge in [0.1, 0.15) is 0 Å². The molecular weight excluding hydrogens is 240 g/mol. The average molecular weight is 256 g/mol. The van der Waals surface area contributed by atoms with Gasteiger partial charge in [-0.25, -0.2) is 0 Å². The van der Waals surface area contributed by atoms with Gasteiger partial charge in [-0.15, -0.1) is 0 Å². The number of aromatic nitrogens is 1. The summed E-state index contributed by atoms with van der Waals surface area (Å²) in [4.78, 5) is 29.3. The van der Waals surface area contributed by atoms with Crippen molar-refractivity contribution in [3.8, 4) is 0 Å². The van der Waals surface area contributed by atoms with Crippen LogP contribution in [0.25, 0.3) is 10.9 Å². The van der Waals surface area contributed by atoms with Gasteiger partial charge in [0.2, 0.25) is 0 Å². The lowest BCUT2D eigenvalue weighted by atomic mass is 10.1. The highest BCUT2D eigenvalue weighted by Gasteiger charge is 2.26. The van der Waals surface area contributed by atoms with Crippen LogP contribution in [0.3, 0.4) is 0 Å². The van der Waals surface area contributed by atoms with Gasteiger partial charge in [-0.1, -0.05) is 18.2 Å². The number of H-pyrrole nitrogens is 1. The maximum Gasteiger partial charge on any atom is 0.256 e. The first-order valence-corrected chi connectivity index (χ1v) is 6.59. The van der Waals surface area contributed by atoms with Crippen LogP contribution in [0.4, 0.5) is 0 Å². The second-order valence-electron chi connectivity index (χ2n) is 4.98. The summed E-state index contributed by atoms with van der Waals surface area (Å²) >= 11 is 0. The predicted octanol–water partition coefficient (Wildman–Crippen LogP) is 2.61. The van der Waals surface area contributed by atoms with Gasteiger partial charge in [0.15, 0.2) is 5.78 Å². The number of hydrogen-bond acceptors (Lipinski definition) is 2. The number of para-hydroxylation sites is 1. The Morgan fingerprint density at radius 2 is 1.84 bits per heavy atom. The fraction of sp³-hybridized carbons (Fsp3) is 0.333. The number of carbonyl (C=O) groups is 2. The van der Waals surface area contributed by atoms with Crippen molar-refractivity contribution in [1.82, 2.24) is 9.88 Å². The van der Waals surface area contributed by atoms with E-state index < -0.39 is 0 Å². The molecule has 1 amide bonds. The highest BCUT2D eigenvalue weighted by Crippen LogP contribution is 2.25. The van der Waals surface area contributed by atoms with Crippen LogP contribution in [0.15, 0.2) is 24.3 Å². The van der Waals surface area contributed by atoms with Crippen LogP contribution in [-0.2, 0) is 0 Å². The quantitative estimate of drug-likeness (QED) is 0.840. The van der Waals surface area contributed by atoms with Crippen LogP contribution < -0.4 is 0 Å². The molecule has 98 valence electrons. The monoisotopic (exact) mass is 256 g/mol. The maximum atomic E-state index is 12.6. The van der Waals surface area contributed by atoms with Crippen LogP contribution in [0.2, 0.25) is 0 Å². The SMILES string of the molecule is CC(=O)c1[nH]c2ccccc2c1C(=O)N1CCCC1. The summed E-state index contributed by atoms with van der Waals surface area (Å²) in [5.41, 5.74) is 1.80. The molecule has 4 nitrogen and oxygen atoms in total. The van der Waals surface area contributed by atoms with E-state index in [4.69, 9.17) is 0 Å². The fourth-order valence-electron chi connectivity index (χ4n) is 2.71. The lowest BCUT2D eigenvalue weighted by Crippen LogP contribution is -2.28. The average Bonchev–Trinajstić information content (AvgIpc) is 3.05. The third-order valence-electron chi connectivity index (χ3n) is 3.67. The van der Waals surface area contributed by atoms with E-state index in [1.54, 1.807) is 0 Å². The number of hydrogen-bond donors (Lipinski definition) is 1. The fourth-order valence-corrected chi connectivity index (χ4v) is 2.71. The molecule has 0 unspecified atom stereocenters. The molecular formula is C15H16N2O2. The lowest BCUT2D eigenvalue weighted by molar-refractivity contribution is 0.0789. The molecule has 1 N–H and O–H groups in total. The molecule has 1 aliphatic heterocycles. The summed E-state index contributed by atoms with van der Waals surface area (Å²) < 4.78 is 0. The Morgan fingerprint density at radius 3 is 2.53 bits per heavy atom. The van der Waals surface area contributed by atoms with E-state index >= 15 is 0 Å². The minimum atomic E-state index is -0.0984. The van der Waals surface area contributed by atoms with Gasteiger partial charge in [-0.2, -0.15) is 0 Å². The number of amides is 1. The van der Waals surface area contributed by atoms with Crippen LogP contribution in [0.5, 0.6) is 0 Å². The molecule has 0 bridgehead atoms. The minimum absolute atomic E-state index is 0.0276. The third kappa shape index (κ3) is 1.93. The topological polar surface area (TPSA) is 53.2 Å². The molecule has 0 saturated carbocycles. The largest absolute Gasteiger partial charge is 0.351 e. The molecule has 0 spiro atoms. The Kier molecular flexibility index (Phi) is 2.85. The summed E-state index contributed by atoms with van der Waals surface area (Å²) in [5.74, 6) is -0.126. The van der Waals surface area contributed by atoms with Gasteiger partial charge < -0.3 is 9.88 Å². The Bertz CT molecular complexity index is 651. The van der Waals surface area contributed by atoms with Crippen molar-refractivity contribution in [2.45, 2.75) is 19.8 Å². The molecule has 0 atom stereocenters. The molecule has 2 heterocycles. The standard InChI is InChI=1S/C15H16N2O2/c1-10(18)14-13(15(19)17-8-4-5-9-17)11-6-2-3-7-12(11)16-14/h2-3,6-7,16H,4-5,8-9H2,1H3. The highest BCUT2D eigenvalue weighted by molar-refractivity contribution is 6.15. The Morgan fingerprint density at radius 1 is 1.16 bits per heavy atom. The molecule has 2 aromatic rings. The Balaban J connectivity index is 2.16. The Hall–Kier alpha value is -2.10. The van der Waals surface area contributed by atoms with Gasteiger partial charge in [-0.05, 0) is 18.9 Å². The van der Waals surface area contributed by atoms with Crippen molar-refractivity contribution in [3.63, 3.8) is 0 Å². The molecule has 19 heavy (non-hydrogen) atoms. The van der Waals surface area contributed by atoms with E-state index in [9.17, 15) is 9.59 Å². The number of nitrogens with zero attached hydrogens (tertiary/aromatic N) is 1. The molecule has 3 rings (SSSR count). The molecule has 1 saturated heterocycles. The van der Waals surface area contributed by atoms with Crippen molar-refractivity contribution in [2.75, 3.05) is 13.1 Å². The number of Topliss-reactive ketones (excluding diaryl/α,β-unsaturated/α-hetero) is 1. The molecule has 1 fully saturated rings. The number of carbonyl (C=O) groups excluding carboxylic acids is 2. The number of ketones is 1. The number of nitrogens with one attached hydrogen (secondary N) is 1. The van der Waals surface area contributed by atoms with Crippen molar-refractivity contribution >= 4 is 22.6 Å². The maximum absolute atomic E-state index is 12.6. The molecule has 1 aromatic carbocycles. The summed E-state index contributed by atoms with van der Waals surface area (Å²) in [6, 6.07) is 7.57.